The van der Waals surface area contributed by atoms with Crippen molar-refractivity contribution >= 4 is 33.3 Å². The number of anilines is 2. The molecule has 1 aromatic heterocycles. The van der Waals surface area contributed by atoms with Crippen LogP contribution in [0.2, 0.25) is 0 Å². The molecule has 2 aromatic rings. The maximum absolute atomic E-state index is 12.3. The lowest BCUT2D eigenvalue weighted by Crippen LogP contribution is -2.19. The van der Waals surface area contributed by atoms with Crippen LogP contribution >= 0.6 is 15.9 Å². The zero-order chi connectivity index (χ0) is 16.9. The first-order valence-corrected chi connectivity index (χ1v) is 8.80. The number of pyridine rings is 1. The summed E-state index contributed by atoms with van der Waals surface area (Å²) >= 11 is 3.45. The number of aromatic nitrogens is 1. The molecule has 126 valence electrons. The second kappa shape index (κ2) is 7.77. The minimum Gasteiger partial charge on any atom is -0.376 e. The molecule has 1 atom stereocenters. The maximum Gasteiger partial charge on any atom is 0.257 e. The molecule has 0 spiro atoms. The van der Waals surface area contributed by atoms with Crippen molar-refractivity contribution in [1.29, 1.82) is 0 Å². The van der Waals surface area contributed by atoms with Crippen LogP contribution in [0.25, 0.3) is 0 Å². The summed E-state index contributed by atoms with van der Waals surface area (Å²) in [5.41, 5.74) is 2.36. The first-order chi connectivity index (χ1) is 11.6. The van der Waals surface area contributed by atoms with Gasteiger partial charge in [-0.05, 0) is 55.7 Å². The Kier molecular flexibility index (Phi) is 5.48. The van der Waals surface area contributed by atoms with E-state index in [-0.39, 0.29) is 12.0 Å². The number of carbonyl (C=O) groups is 1. The Morgan fingerprint density at radius 1 is 1.38 bits per heavy atom. The van der Waals surface area contributed by atoms with Crippen molar-refractivity contribution < 1.29 is 9.53 Å². The standard InChI is InChI=1S/C18H20BrN3O2/c1-12-9-14(5-6-16(12)19)22-18(23)13-4-7-17(20-10-13)21-11-15-3-2-8-24-15/h4-7,9-10,15H,2-3,8,11H2,1H3,(H,20,21)(H,22,23). The SMILES string of the molecule is Cc1cc(NC(=O)c2ccc(NCC3CCCO3)nc2)ccc1Br. The number of aryl methyl sites for hydroxylation is 1. The van der Waals surface area contributed by atoms with Gasteiger partial charge >= 0.3 is 0 Å². The third-order valence-corrected chi connectivity index (χ3v) is 4.87. The number of hydrogen-bond donors (Lipinski definition) is 2. The van der Waals surface area contributed by atoms with Crippen molar-refractivity contribution in [3.05, 3.63) is 52.1 Å². The van der Waals surface area contributed by atoms with Gasteiger partial charge in [0, 0.05) is 29.5 Å². The number of amides is 1. The van der Waals surface area contributed by atoms with E-state index in [1.165, 1.54) is 0 Å². The fourth-order valence-corrected chi connectivity index (χ4v) is 2.83. The number of benzene rings is 1. The van der Waals surface area contributed by atoms with Crippen molar-refractivity contribution in [2.75, 3.05) is 23.8 Å². The summed E-state index contributed by atoms with van der Waals surface area (Å²) in [6.07, 6.45) is 4.04. The van der Waals surface area contributed by atoms with E-state index in [0.717, 1.165) is 47.5 Å². The molecule has 1 saturated heterocycles. The molecule has 0 bridgehead atoms. The molecule has 2 heterocycles. The van der Waals surface area contributed by atoms with Crippen LogP contribution in [0.4, 0.5) is 11.5 Å². The molecule has 24 heavy (non-hydrogen) atoms. The van der Waals surface area contributed by atoms with Gasteiger partial charge < -0.3 is 15.4 Å². The van der Waals surface area contributed by atoms with Crippen molar-refractivity contribution in [2.45, 2.75) is 25.9 Å². The van der Waals surface area contributed by atoms with Gasteiger partial charge in [0.1, 0.15) is 5.82 Å². The van der Waals surface area contributed by atoms with Crippen LogP contribution in [0, 0.1) is 6.92 Å². The molecule has 1 aromatic carbocycles. The molecule has 3 rings (SSSR count). The van der Waals surface area contributed by atoms with Crippen LogP contribution in [-0.4, -0.2) is 30.1 Å². The quantitative estimate of drug-likeness (QED) is 0.810. The topological polar surface area (TPSA) is 63.2 Å². The molecule has 1 fully saturated rings. The van der Waals surface area contributed by atoms with Gasteiger partial charge in [-0.2, -0.15) is 0 Å². The fraction of sp³-hybridized carbons (Fsp3) is 0.333. The van der Waals surface area contributed by atoms with Crippen molar-refractivity contribution in [2.24, 2.45) is 0 Å². The van der Waals surface area contributed by atoms with E-state index in [4.69, 9.17) is 4.74 Å². The Morgan fingerprint density at radius 2 is 2.25 bits per heavy atom. The van der Waals surface area contributed by atoms with Crippen LogP contribution in [0.5, 0.6) is 0 Å². The number of ether oxygens (including phenoxy) is 1. The van der Waals surface area contributed by atoms with Gasteiger partial charge in [0.15, 0.2) is 0 Å². The molecular formula is C18H20BrN3O2. The lowest BCUT2D eigenvalue weighted by atomic mass is 10.2. The predicted molar refractivity (Wildman–Crippen MR) is 98.5 cm³/mol. The summed E-state index contributed by atoms with van der Waals surface area (Å²) in [7, 11) is 0. The van der Waals surface area contributed by atoms with E-state index in [0.29, 0.717) is 5.56 Å². The van der Waals surface area contributed by atoms with E-state index >= 15 is 0 Å². The highest BCUT2D eigenvalue weighted by molar-refractivity contribution is 9.10. The van der Waals surface area contributed by atoms with E-state index in [1.807, 2.05) is 31.2 Å². The Balaban J connectivity index is 1.57. The molecule has 1 amide bonds. The van der Waals surface area contributed by atoms with E-state index in [2.05, 4.69) is 31.5 Å². The minimum atomic E-state index is -0.171. The molecular weight excluding hydrogens is 370 g/mol. The summed E-state index contributed by atoms with van der Waals surface area (Å²) in [5, 5.41) is 6.13. The summed E-state index contributed by atoms with van der Waals surface area (Å²) in [4.78, 5) is 16.6. The van der Waals surface area contributed by atoms with Crippen molar-refractivity contribution in [3.8, 4) is 0 Å². The highest BCUT2D eigenvalue weighted by Crippen LogP contribution is 2.20. The van der Waals surface area contributed by atoms with Crippen LogP contribution in [-0.2, 0) is 4.74 Å². The summed E-state index contributed by atoms with van der Waals surface area (Å²) in [6, 6.07) is 9.29. The van der Waals surface area contributed by atoms with Crippen LogP contribution in [0.15, 0.2) is 41.0 Å². The molecule has 6 heteroatoms. The van der Waals surface area contributed by atoms with Crippen LogP contribution in [0.3, 0.4) is 0 Å². The lowest BCUT2D eigenvalue weighted by molar-refractivity contribution is 0.102. The van der Waals surface area contributed by atoms with E-state index < -0.39 is 0 Å². The Hall–Kier alpha value is -1.92. The Bertz CT molecular complexity index is 713. The third kappa shape index (κ3) is 4.33. The number of halogens is 1. The maximum atomic E-state index is 12.3. The normalized spacial score (nSPS) is 16.8. The molecule has 1 aliphatic rings. The molecule has 1 aliphatic heterocycles. The van der Waals surface area contributed by atoms with Gasteiger partial charge in [0.2, 0.25) is 0 Å². The van der Waals surface area contributed by atoms with Gasteiger partial charge in [-0.3, -0.25) is 4.79 Å². The van der Waals surface area contributed by atoms with Gasteiger partial charge in [-0.15, -0.1) is 0 Å². The van der Waals surface area contributed by atoms with Gasteiger partial charge in [0.25, 0.3) is 5.91 Å². The van der Waals surface area contributed by atoms with Crippen molar-refractivity contribution in [1.82, 2.24) is 4.98 Å². The zero-order valence-electron chi connectivity index (χ0n) is 13.5. The predicted octanol–water partition coefficient (Wildman–Crippen LogP) is 4.00. The largest absolute Gasteiger partial charge is 0.376 e. The molecule has 0 radical (unpaired) electrons. The molecule has 2 N–H and O–H groups in total. The average molecular weight is 390 g/mol. The third-order valence-electron chi connectivity index (χ3n) is 3.98. The van der Waals surface area contributed by atoms with E-state index in [1.54, 1.807) is 12.3 Å². The number of hydrogen-bond acceptors (Lipinski definition) is 4. The Morgan fingerprint density at radius 3 is 2.92 bits per heavy atom. The zero-order valence-corrected chi connectivity index (χ0v) is 15.1. The van der Waals surface area contributed by atoms with E-state index in [9.17, 15) is 4.79 Å². The summed E-state index contributed by atoms with van der Waals surface area (Å²) in [6.45, 7) is 3.57. The molecule has 0 aliphatic carbocycles. The number of rotatable bonds is 5. The highest BCUT2D eigenvalue weighted by atomic mass is 79.9. The second-order valence-corrected chi connectivity index (χ2v) is 6.72. The fourth-order valence-electron chi connectivity index (χ4n) is 2.58. The van der Waals surface area contributed by atoms with Crippen LogP contribution < -0.4 is 10.6 Å². The van der Waals surface area contributed by atoms with Crippen LogP contribution in [0.1, 0.15) is 28.8 Å². The highest BCUT2D eigenvalue weighted by Gasteiger charge is 2.15. The Labute approximate surface area is 149 Å². The number of nitrogens with zero attached hydrogens (tertiary/aromatic N) is 1. The van der Waals surface area contributed by atoms with Gasteiger partial charge in [-0.25, -0.2) is 4.98 Å². The first kappa shape index (κ1) is 16.9. The number of nitrogens with one attached hydrogen (secondary N) is 2. The summed E-state index contributed by atoms with van der Waals surface area (Å²) < 4.78 is 6.58. The second-order valence-electron chi connectivity index (χ2n) is 5.87. The average Bonchev–Trinajstić information content (AvgIpc) is 3.10. The molecule has 0 saturated carbocycles. The van der Waals surface area contributed by atoms with Gasteiger partial charge in [0.05, 0.1) is 11.7 Å². The van der Waals surface area contributed by atoms with Gasteiger partial charge in [-0.1, -0.05) is 15.9 Å². The summed E-state index contributed by atoms with van der Waals surface area (Å²) in [5.74, 6) is 0.580. The minimum absolute atomic E-state index is 0.171. The molecule has 1 unspecified atom stereocenters. The first-order valence-electron chi connectivity index (χ1n) is 8.01. The monoisotopic (exact) mass is 389 g/mol. The lowest BCUT2D eigenvalue weighted by Gasteiger charge is -2.11. The van der Waals surface area contributed by atoms with Crippen molar-refractivity contribution in [3.63, 3.8) is 0 Å². The molecule has 5 nitrogen and oxygen atoms in total. The smallest absolute Gasteiger partial charge is 0.257 e. The number of carbonyl (C=O) groups excluding carboxylic acids is 1.